The van der Waals surface area contributed by atoms with Gasteiger partial charge in [-0.15, -0.1) is 0 Å². The highest BCUT2D eigenvalue weighted by molar-refractivity contribution is 5.22. The molecular formula is C14H21NO2. The lowest BCUT2D eigenvalue weighted by Crippen LogP contribution is -2.47. The van der Waals surface area contributed by atoms with E-state index >= 15 is 0 Å². The highest BCUT2D eigenvalue weighted by atomic mass is 16.5. The smallest absolute Gasteiger partial charge is 0.0713 e. The van der Waals surface area contributed by atoms with E-state index in [-0.39, 0.29) is 0 Å². The Kier molecular flexibility index (Phi) is 4.15. The van der Waals surface area contributed by atoms with Crippen LogP contribution in [-0.2, 0) is 22.6 Å². The molecule has 17 heavy (non-hydrogen) atoms. The van der Waals surface area contributed by atoms with E-state index in [0.29, 0.717) is 12.0 Å². The molecule has 1 N–H and O–H groups in total. The van der Waals surface area contributed by atoms with E-state index in [1.165, 1.54) is 11.1 Å². The minimum atomic E-state index is 0.337. The van der Waals surface area contributed by atoms with Crippen LogP contribution < -0.4 is 5.32 Å². The lowest BCUT2D eigenvalue weighted by molar-refractivity contribution is -0.0991. The summed E-state index contributed by atoms with van der Waals surface area (Å²) < 4.78 is 10.4. The summed E-state index contributed by atoms with van der Waals surface area (Å²) in [6.45, 7) is 6.62. The van der Waals surface area contributed by atoms with Crippen molar-refractivity contribution in [2.75, 3.05) is 26.9 Å². The fourth-order valence-electron chi connectivity index (χ4n) is 2.06. The van der Waals surface area contributed by atoms with Crippen LogP contribution in [0, 0.1) is 5.41 Å². The third-order valence-corrected chi connectivity index (χ3v) is 3.08. The predicted molar refractivity (Wildman–Crippen MR) is 67.8 cm³/mol. The van der Waals surface area contributed by atoms with Crippen LogP contribution >= 0.6 is 0 Å². The van der Waals surface area contributed by atoms with Crippen molar-refractivity contribution in [1.29, 1.82) is 0 Å². The lowest BCUT2D eigenvalue weighted by Gasteiger charge is -2.38. The molecule has 1 aromatic rings. The molecule has 0 atom stereocenters. The summed E-state index contributed by atoms with van der Waals surface area (Å²) in [5, 5.41) is 3.49. The first-order chi connectivity index (χ1) is 8.22. The van der Waals surface area contributed by atoms with Gasteiger partial charge >= 0.3 is 0 Å². The second-order valence-electron chi connectivity index (χ2n) is 5.16. The molecule has 2 rings (SSSR count). The average molecular weight is 235 g/mol. The topological polar surface area (TPSA) is 30.5 Å². The molecule has 0 amide bonds. The van der Waals surface area contributed by atoms with Gasteiger partial charge in [0.1, 0.15) is 0 Å². The maximum atomic E-state index is 5.24. The van der Waals surface area contributed by atoms with Crippen LogP contribution in [0.2, 0.25) is 0 Å². The first kappa shape index (κ1) is 12.6. The molecule has 1 fully saturated rings. The van der Waals surface area contributed by atoms with Crippen LogP contribution in [0.1, 0.15) is 18.1 Å². The third-order valence-electron chi connectivity index (χ3n) is 3.08. The van der Waals surface area contributed by atoms with E-state index in [0.717, 1.165) is 26.3 Å². The molecule has 3 nitrogen and oxygen atoms in total. The molecule has 0 saturated carbocycles. The molecule has 1 aromatic carbocycles. The van der Waals surface area contributed by atoms with E-state index in [2.05, 4.69) is 36.5 Å². The van der Waals surface area contributed by atoms with E-state index in [1.54, 1.807) is 7.11 Å². The minimum absolute atomic E-state index is 0.337. The zero-order valence-electron chi connectivity index (χ0n) is 10.7. The van der Waals surface area contributed by atoms with E-state index in [1.807, 2.05) is 0 Å². The number of benzene rings is 1. The van der Waals surface area contributed by atoms with Crippen molar-refractivity contribution < 1.29 is 9.47 Å². The molecule has 1 saturated heterocycles. The molecular weight excluding hydrogens is 214 g/mol. The lowest BCUT2D eigenvalue weighted by atomic mass is 9.89. The first-order valence-corrected chi connectivity index (χ1v) is 6.07. The zero-order chi connectivity index (χ0) is 12.1. The molecule has 1 heterocycles. The Morgan fingerprint density at radius 1 is 1.35 bits per heavy atom. The molecule has 0 bridgehead atoms. The average Bonchev–Trinajstić information content (AvgIpc) is 2.28. The molecule has 3 heteroatoms. The second kappa shape index (κ2) is 5.63. The van der Waals surface area contributed by atoms with Crippen molar-refractivity contribution in [3.8, 4) is 0 Å². The Bertz CT molecular complexity index is 361. The SMILES string of the molecule is COCc1cccc(CNCC2(C)COC2)c1. The Balaban J connectivity index is 1.79. The van der Waals surface area contributed by atoms with Gasteiger partial charge in [-0.1, -0.05) is 31.2 Å². The maximum Gasteiger partial charge on any atom is 0.0713 e. The van der Waals surface area contributed by atoms with E-state index in [9.17, 15) is 0 Å². The Morgan fingerprint density at radius 2 is 2.12 bits per heavy atom. The number of hydrogen-bond acceptors (Lipinski definition) is 3. The van der Waals surface area contributed by atoms with Crippen LogP contribution in [0.15, 0.2) is 24.3 Å². The van der Waals surface area contributed by atoms with Crippen molar-refractivity contribution >= 4 is 0 Å². The molecule has 0 radical (unpaired) electrons. The van der Waals surface area contributed by atoms with Gasteiger partial charge in [0, 0.05) is 25.6 Å². The normalized spacial score (nSPS) is 17.8. The predicted octanol–water partition coefficient (Wildman–Crippen LogP) is 1.96. The molecule has 1 aliphatic heterocycles. The monoisotopic (exact) mass is 235 g/mol. The molecule has 1 aliphatic rings. The van der Waals surface area contributed by atoms with Gasteiger partial charge in [0.15, 0.2) is 0 Å². The van der Waals surface area contributed by atoms with Crippen molar-refractivity contribution in [1.82, 2.24) is 5.32 Å². The molecule has 0 spiro atoms. The maximum absolute atomic E-state index is 5.24. The summed E-state index contributed by atoms with van der Waals surface area (Å²) in [4.78, 5) is 0. The van der Waals surface area contributed by atoms with Gasteiger partial charge in [-0.3, -0.25) is 0 Å². The summed E-state index contributed by atoms with van der Waals surface area (Å²) in [7, 11) is 1.72. The van der Waals surface area contributed by atoms with Crippen molar-refractivity contribution in [2.45, 2.75) is 20.1 Å². The quantitative estimate of drug-likeness (QED) is 0.817. The Morgan fingerprint density at radius 3 is 2.76 bits per heavy atom. The highest BCUT2D eigenvalue weighted by Crippen LogP contribution is 2.25. The Hall–Kier alpha value is -0.900. The van der Waals surface area contributed by atoms with E-state index in [4.69, 9.17) is 9.47 Å². The van der Waals surface area contributed by atoms with Crippen LogP contribution in [0.4, 0.5) is 0 Å². The van der Waals surface area contributed by atoms with E-state index < -0.39 is 0 Å². The molecule has 0 aliphatic carbocycles. The number of nitrogens with one attached hydrogen (secondary N) is 1. The zero-order valence-corrected chi connectivity index (χ0v) is 10.7. The molecule has 0 aromatic heterocycles. The minimum Gasteiger partial charge on any atom is -0.380 e. The second-order valence-corrected chi connectivity index (χ2v) is 5.16. The van der Waals surface area contributed by atoms with Crippen LogP contribution in [0.5, 0.6) is 0 Å². The van der Waals surface area contributed by atoms with Crippen molar-refractivity contribution in [3.63, 3.8) is 0 Å². The summed E-state index contributed by atoms with van der Waals surface area (Å²) >= 11 is 0. The fourth-order valence-corrected chi connectivity index (χ4v) is 2.06. The van der Waals surface area contributed by atoms with Gasteiger partial charge < -0.3 is 14.8 Å². The van der Waals surface area contributed by atoms with Gasteiger partial charge in [0.05, 0.1) is 19.8 Å². The molecule has 0 unspecified atom stereocenters. The molecule has 94 valence electrons. The van der Waals surface area contributed by atoms with Crippen molar-refractivity contribution in [3.05, 3.63) is 35.4 Å². The van der Waals surface area contributed by atoms with Gasteiger partial charge in [0.25, 0.3) is 0 Å². The van der Waals surface area contributed by atoms with Crippen LogP contribution in [0.3, 0.4) is 0 Å². The summed E-state index contributed by atoms with van der Waals surface area (Å²) in [6, 6.07) is 8.51. The van der Waals surface area contributed by atoms with Gasteiger partial charge in [-0.25, -0.2) is 0 Å². The number of methoxy groups -OCH3 is 1. The fraction of sp³-hybridized carbons (Fsp3) is 0.571. The largest absolute Gasteiger partial charge is 0.380 e. The number of hydrogen-bond donors (Lipinski definition) is 1. The summed E-state index contributed by atoms with van der Waals surface area (Å²) in [6.07, 6.45) is 0. The summed E-state index contributed by atoms with van der Waals surface area (Å²) in [5.41, 5.74) is 2.87. The standard InChI is InChI=1S/C14H21NO2/c1-14(10-17-11-14)9-15-7-12-4-3-5-13(6-12)8-16-2/h3-6,15H,7-11H2,1-2H3. The number of ether oxygens (including phenoxy) is 2. The van der Waals surface area contributed by atoms with Crippen molar-refractivity contribution in [2.24, 2.45) is 5.41 Å². The summed E-state index contributed by atoms with van der Waals surface area (Å²) in [5.74, 6) is 0. The number of rotatable bonds is 6. The van der Waals surface area contributed by atoms with Gasteiger partial charge in [-0.2, -0.15) is 0 Å². The third kappa shape index (κ3) is 3.53. The first-order valence-electron chi connectivity index (χ1n) is 6.07. The Labute approximate surface area is 103 Å². The van der Waals surface area contributed by atoms with Gasteiger partial charge in [0.2, 0.25) is 0 Å². The van der Waals surface area contributed by atoms with Crippen LogP contribution in [-0.4, -0.2) is 26.9 Å². The highest BCUT2D eigenvalue weighted by Gasteiger charge is 2.32. The van der Waals surface area contributed by atoms with Gasteiger partial charge in [-0.05, 0) is 11.1 Å². The van der Waals surface area contributed by atoms with Crippen LogP contribution in [0.25, 0.3) is 0 Å².